The lowest BCUT2D eigenvalue weighted by Crippen LogP contribution is -2.39. The van der Waals surface area contributed by atoms with Gasteiger partial charge in [-0.15, -0.1) is 0 Å². The molecule has 1 atom stereocenters. The SMILES string of the molecule is CCS(=O)(=O)[C@@](C)(Cl)C(=O)c1ccccc1. The summed E-state index contributed by atoms with van der Waals surface area (Å²) in [6, 6.07) is 8.18. The van der Waals surface area contributed by atoms with Crippen LogP contribution in [0.3, 0.4) is 0 Å². The van der Waals surface area contributed by atoms with E-state index in [0.717, 1.165) is 0 Å². The van der Waals surface area contributed by atoms with Gasteiger partial charge in [-0.25, -0.2) is 8.42 Å². The summed E-state index contributed by atoms with van der Waals surface area (Å²) in [5.41, 5.74) is 0.303. The maximum atomic E-state index is 12.0. The van der Waals surface area contributed by atoms with E-state index in [-0.39, 0.29) is 5.75 Å². The lowest BCUT2D eigenvalue weighted by Gasteiger charge is -2.19. The van der Waals surface area contributed by atoms with Crippen LogP contribution in [0.5, 0.6) is 0 Å². The zero-order valence-electron chi connectivity index (χ0n) is 9.10. The predicted molar refractivity (Wildman–Crippen MR) is 64.5 cm³/mol. The Morgan fingerprint density at radius 3 is 2.25 bits per heavy atom. The summed E-state index contributed by atoms with van der Waals surface area (Å²) >= 11 is 5.88. The first-order valence-corrected chi connectivity index (χ1v) is 6.87. The molecule has 1 rings (SSSR count). The number of Topliss-reactive ketones (excluding diaryl/α,β-unsaturated/α-hetero) is 1. The van der Waals surface area contributed by atoms with E-state index in [4.69, 9.17) is 11.6 Å². The Hall–Kier alpha value is -0.870. The maximum absolute atomic E-state index is 12.0. The summed E-state index contributed by atoms with van der Waals surface area (Å²) < 4.78 is 21.5. The lowest BCUT2D eigenvalue weighted by atomic mass is 10.1. The topological polar surface area (TPSA) is 51.2 Å². The van der Waals surface area contributed by atoms with E-state index in [1.165, 1.54) is 13.8 Å². The first kappa shape index (κ1) is 13.2. The highest BCUT2D eigenvalue weighted by Crippen LogP contribution is 2.27. The van der Waals surface area contributed by atoms with Crippen LogP contribution in [0.25, 0.3) is 0 Å². The summed E-state index contributed by atoms with van der Waals surface area (Å²) in [7, 11) is -3.63. The van der Waals surface area contributed by atoms with Crippen LogP contribution < -0.4 is 0 Å². The van der Waals surface area contributed by atoms with Crippen LogP contribution in [0, 0.1) is 0 Å². The van der Waals surface area contributed by atoms with Gasteiger partial charge in [0.15, 0.2) is 15.6 Å². The van der Waals surface area contributed by atoms with Gasteiger partial charge in [0, 0.05) is 11.3 Å². The van der Waals surface area contributed by atoms with Crippen molar-refractivity contribution in [3.05, 3.63) is 35.9 Å². The van der Waals surface area contributed by atoms with Gasteiger partial charge in [-0.3, -0.25) is 4.79 Å². The van der Waals surface area contributed by atoms with Gasteiger partial charge in [0.2, 0.25) is 4.21 Å². The number of hydrogen-bond acceptors (Lipinski definition) is 3. The minimum absolute atomic E-state index is 0.161. The van der Waals surface area contributed by atoms with E-state index < -0.39 is 19.8 Å². The molecular formula is C11H13ClO3S. The van der Waals surface area contributed by atoms with E-state index in [1.54, 1.807) is 30.3 Å². The highest BCUT2D eigenvalue weighted by molar-refractivity contribution is 7.95. The Labute approximate surface area is 100 Å². The molecule has 88 valence electrons. The number of ketones is 1. The van der Waals surface area contributed by atoms with Crippen LogP contribution >= 0.6 is 11.6 Å². The van der Waals surface area contributed by atoms with Crippen LogP contribution in [0.4, 0.5) is 0 Å². The van der Waals surface area contributed by atoms with Crippen molar-refractivity contribution in [2.75, 3.05) is 5.75 Å². The Morgan fingerprint density at radius 2 is 1.81 bits per heavy atom. The number of halogens is 1. The van der Waals surface area contributed by atoms with Crippen molar-refractivity contribution >= 4 is 27.2 Å². The minimum Gasteiger partial charge on any atom is -0.291 e. The molecule has 0 unspecified atom stereocenters. The zero-order valence-corrected chi connectivity index (χ0v) is 10.7. The summed E-state index contributed by atoms with van der Waals surface area (Å²) in [4.78, 5) is 12.0. The molecule has 0 aliphatic rings. The van der Waals surface area contributed by atoms with Crippen molar-refractivity contribution in [3.8, 4) is 0 Å². The molecule has 0 spiro atoms. The molecule has 0 aliphatic carbocycles. The average Bonchev–Trinajstić information content (AvgIpc) is 2.29. The van der Waals surface area contributed by atoms with Crippen molar-refractivity contribution in [3.63, 3.8) is 0 Å². The molecule has 0 aromatic heterocycles. The fourth-order valence-corrected chi connectivity index (χ4v) is 2.64. The summed E-state index contributed by atoms with van der Waals surface area (Å²) in [6.45, 7) is 2.69. The molecule has 0 saturated heterocycles. The standard InChI is InChI=1S/C11H13ClO3S/c1-3-16(14,15)11(2,12)10(13)9-7-5-4-6-8-9/h4-8H,3H2,1-2H3/t11-/m1/s1. The molecular weight excluding hydrogens is 248 g/mol. The first-order valence-electron chi connectivity index (χ1n) is 4.84. The lowest BCUT2D eigenvalue weighted by molar-refractivity contribution is 0.0978. The maximum Gasteiger partial charge on any atom is 0.205 e. The Morgan fingerprint density at radius 1 is 1.31 bits per heavy atom. The fraction of sp³-hybridized carbons (Fsp3) is 0.364. The van der Waals surface area contributed by atoms with E-state index >= 15 is 0 Å². The Balaban J connectivity index is 3.17. The van der Waals surface area contributed by atoms with E-state index in [9.17, 15) is 13.2 Å². The zero-order chi connectivity index (χ0) is 12.4. The van der Waals surface area contributed by atoms with Gasteiger partial charge in [-0.05, 0) is 6.92 Å². The number of sulfone groups is 1. The monoisotopic (exact) mass is 260 g/mol. The Bertz CT molecular complexity index is 477. The van der Waals surface area contributed by atoms with Gasteiger partial charge < -0.3 is 0 Å². The second-order valence-electron chi connectivity index (χ2n) is 3.52. The highest BCUT2D eigenvalue weighted by atomic mass is 35.5. The van der Waals surface area contributed by atoms with Crippen molar-refractivity contribution < 1.29 is 13.2 Å². The molecule has 1 aromatic carbocycles. The first-order chi connectivity index (χ1) is 7.33. The van der Waals surface area contributed by atoms with Crippen LogP contribution in [-0.4, -0.2) is 24.2 Å². The second kappa shape index (κ2) is 4.55. The molecule has 0 bridgehead atoms. The predicted octanol–water partition coefficient (Wildman–Crippen LogP) is 2.26. The van der Waals surface area contributed by atoms with Crippen molar-refractivity contribution in [2.45, 2.75) is 18.1 Å². The van der Waals surface area contributed by atoms with Gasteiger partial charge in [0.05, 0.1) is 0 Å². The smallest absolute Gasteiger partial charge is 0.205 e. The van der Waals surface area contributed by atoms with Crippen molar-refractivity contribution in [2.24, 2.45) is 0 Å². The molecule has 0 fully saturated rings. The molecule has 0 aliphatic heterocycles. The highest BCUT2D eigenvalue weighted by Gasteiger charge is 2.43. The van der Waals surface area contributed by atoms with Gasteiger partial charge in [-0.1, -0.05) is 48.9 Å². The van der Waals surface area contributed by atoms with Gasteiger partial charge >= 0.3 is 0 Å². The Kier molecular flexibility index (Phi) is 3.76. The van der Waals surface area contributed by atoms with Crippen molar-refractivity contribution in [1.29, 1.82) is 0 Å². The number of alkyl halides is 1. The average molecular weight is 261 g/mol. The van der Waals surface area contributed by atoms with Gasteiger partial charge in [0.25, 0.3) is 0 Å². The molecule has 16 heavy (non-hydrogen) atoms. The quantitative estimate of drug-likeness (QED) is 0.616. The molecule has 5 heteroatoms. The van der Waals surface area contributed by atoms with E-state index in [0.29, 0.717) is 5.56 Å². The van der Waals surface area contributed by atoms with E-state index in [1.807, 2.05) is 0 Å². The molecule has 0 heterocycles. The van der Waals surface area contributed by atoms with E-state index in [2.05, 4.69) is 0 Å². The summed E-state index contributed by atoms with van der Waals surface area (Å²) in [5, 5.41) is 0. The molecule has 0 radical (unpaired) electrons. The summed E-state index contributed by atoms with van der Waals surface area (Å²) in [5.74, 6) is -0.748. The number of carbonyl (C=O) groups excluding carboxylic acids is 1. The minimum atomic E-state index is -3.63. The summed E-state index contributed by atoms with van der Waals surface area (Å²) in [6.07, 6.45) is 0. The van der Waals surface area contributed by atoms with Crippen LogP contribution in [0.15, 0.2) is 30.3 Å². The number of hydrogen-bond donors (Lipinski definition) is 0. The van der Waals surface area contributed by atoms with Crippen molar-refractivity contribution in [1.82, 2.24) is 0 Å². The number of carbonyl (C=O) groups is 1. The molecule has 3 nitrogen and oxygen atoms in total. The largest absolute Gasteiger partial charge is 0.291 e. The fourth-order valence-electron chi connectivity index (χ4n) is 1.26. The van der Waals surface area contributed by atoms with Crippen LogP contribution in [0.2, 0.25) is 0 Å². The second-order valence-corrected chi connectivity index (χ2v) is 7.12. The third-order valence-electron chi connectivity index (χ3n) is 2.41. The number of rotatable bonds is 4. The molecule has 0 amide bonds. The third kappa shape index (κ3) is 2.28. The molecule has 0 saturated carbocycles. The normalized spacial score (nSPS) is 15.4. The van der Waals surface area contributed by atoms with Gasteiger partial charge in [0.1, 0.15) is 0 Å². The molecule has 0 N–H and O–H groups in total. The molecule has 1 aromatic rings. The third-order valence-corrected chi connectivity index (χ3v) is 5.40. The van der Waals surface area contributed by atoms with Crippen LogP contribution in [-0.2, 0) is 9.84 Å². The number of benzene rings is 1. The van der Waals surface area contributed by atoms with Crippen LogP contribution in [0.1, 0.15) is 24.2 Å². The van der Waals surface area contributed by atoms with Gasteiger partial charge in [-0.2, -0.15) is 0 Å².